The van der Waals surface area contributed by atoms with Gasteiger partial charge in [0.25, 0.3) is 11.8 Å². The molecule has 0 spiro atoms. The number of allylic oxidation sites excluding steroid dienone is 1. The number of carbonyl (C=O) groups is 2. The molecule has 0 atom stereocenters. The zero-order valence-electron chi connectivity index (χ0n) is 20.4. The topological polar surface area (TPSA) is 80.6 Å². The van der Waals surface area contributed by atoms with Crippen LogP contribution in [0.25, 0.3) is 0 Å². The number of methoxy groups -OCH3 is 1. The number of para-hydroxylation sites is 1. The third kappa shape index (κ3) is 6.16. The van der Waals surface area contributed by atoms with Gasteiger partial charge in [-0.1, -0.05) is 29.8 Å². The highest BCUT2D eigenvalue weighted by molar-refractivity contribution is 5.99. The van der Waals surface area contributed by atoms with Crippen LogP contribution in [-0.2, 0) is 6.54 Å². The normalized spacial score (nSPS) is 13.2. The van der Waals surface area contributed by atoms with Crippen LogP contribution in [0, 0.1) is 0 Å². The molecule has 1 aromatic carbocycles. The van der Waals surface area contributed by atoms with Gasteiger partial charge in [0, 0.05) is 37.6 Å². The van der Waals surface area contributed by atoms with Crippen LogP contribution < -0.4 is 15.5 Å². The minimum Gasteiger partial charge on any atom is -0.496 e. The maximum Gasteiger partial charge on any atom is 0.259 e. The lowest BCUT2D eigenvalue weighted by Gasteiger charge is -2.20. The van der Waals surface area contributed by atoms with Crippen molar-refractivity contribution in [1.29, 1.82) is 0 Å². The van der Waals surface area contributed by atoms with E-state index in [1.54, 1.807) is 22.8 Å². The molecule has 1 N–H and O–H groups in total. The molecule has 7 nitrogen and oxygen atoms in total. The number of aromatic nitrogens is 1. The highest BCUT2D eigenvalue weighted by Crippen LogP contribution is 2.20. The summed E-state index contributed by atoms with van der Waals surface area (Å²) in [6, 6.07) is 7.55. The van der Waals surface area contributed by atoms with E-state index in [0.717, 1.165) is 24.8 Å². The summed E-state index contributed by atoms with van der Waals surface area (Å²) in [5, 5.41) is 2.88. The van der Waals surface area contributed by atoms with Crippen molar-refractivity contribution in [3.8, 4) is 5.75 Å². The average molecular weight is 466 g/mol. The van der Waals surface area contributed by atoms with Gasteiger partial charge in [-0.05, 0) is 52.0 Å². The van der Waals surface area contributed by atoms with E-state index >= 15 is 0 Å². The van der Waals surface area contributed by atoms with E-state index in [2.05, 4.69) is 11.4 Å². The zero-order chi connectivity index (χ0) is 24.5. The molecule has 0 radical (unpaired) electrons. The molecule has 7 heteroatoms. The molecule has 1 heterocycles. The molecule has 34 heavy (non-hydrogen) atoms. The fourth-order valence-electron chi connectivity index (χ4n) is 4.31. The van der Waals surface area contributed by atoms with Gasteiger partial charge >= 0.3 is 0 Å². The van der Waals surface area contributed by atoms with Crippen LogP contribution in [0.2, 0.25) is 0 Å². The van der Waals surface area contributed by atoms with Gasteiger partial charge in [0.2, 0.25) is 5.43 Å². The van der Waals surface area contributed by atoms with E-state index < -0.39 is 11.3 Å². The number of nitrogens with one attached hydrogen (secondary N) is 1. The van der Waals surface area contributed by atoms with Crippen molar-refractivity contribution in [2.24, 2.45) is 0 Å². The molecule has 1 aliphatic rings. The van der Waals surface area contributed by atoms with Gasteiger partial charge in [-0.3, -0.25) is 14.4 Å². The van der Waals surface area contributed by atoms with E-state index in [1.165, 1.54) is 24.6 Å². The van der Waals surface area contributed by atoms with Crippen LogP contribution in [0.15, 0.2) is 53.1 Å². The van der Waals surface area contributed by atoms with Gasteiger partial charge in [-0.25, -0.2) is 0 Å². The molecule has 1 aromatic heterocycles. The SMILES string of the molecule is CCN(CC)C(=O)c1cn(Cc2ccccc2OC)cc(C(=O)NCCC2=CCCCC2)c1=O. The molecule has 0 fully saturated rings. The van der Waals surface area contributed by atoms with Crippen molar-refractivity contribution in [3.05, 3.63) is 75.2 Å². The Kier molecular flexibility index (Phi) is 9.08. The molecular weight excluding hydrogens is 430 g/mol. The third-order valence-corrected chi connectivity index (χ3v) is 6.27. The quantitative estimate of drug-likeness (QED) is 0.538. The Bertz CT molecular complexity index is 1100. The summed E-state index contributed by atoms with van der Waals surface area (Å²) in [7, 11) is 1.60. The number of hydrogen-bond donors (Lipinski definition) is 1. The van der Waals surface area contributed by atoms with E-state index in [-0.39, 0.29) is 17.0 Å². The predicted octanol–water partition coefficient (Wildman–Crippen LogP) is 4.01. The Hall–Kier alpha value is -3.35. The van der Waals surface area contributed by atoms with Gasteiger partial charge in [0.15, 0.2) is 0 Å². The van der Waals surface area contributed by atoms with Crippen LogP contribution in [0.4, 0.5) is 0 Å². The molecule has 1 aliphatic carbocycles. The lowest BCUT2D eigenvalue weighted by atomic mass is 9.97. The van der Waals surface area contributed by atoms with Gasteiger partial charge in [0.1, 0.15) is 16.9 Å². The lowest BCUT2D eigenvalue weighted by Crippen LogP contribution is -2.38. The number of pyridine rings is 1. The summed E-state index contributed by atoms with van der Waals surface area (Å²) >= 11 is 0. The van der Waals surface area contributed by atoms with Crippen molar-refractivity contribution < 1.29 is 14.3 Å². The monoisotopic (exact) mass is 465 g/mol. The first kappa shape index (κ1) is 25.3. The number of rotatable bonds is 10. The van der Waals surface area contributed by atoms with E-state index in [0.29, 0.717) is 31.9 Å². The van der Waals surface area contributed by atoms with Crippen molar-refractivity contribution in [3.63, 3.8) is 0 Å². The Labute approximate surface area is 201 Å². The lowest BCUT2D eigenvalue weighted by molar-refractivity contribution is 0.0770. The first-order chi connectivity index (χ1) is 16.5. The number of carbonyl (C=O) groups excluding carboxylic acids is 2. The molecule has 0 bridgehead atoms. The van der Waals surface area contributed by atoms with Crippen LogP contribution in [-0.4, -0.2) is 48.0 Å². The molecule has 0 unspecified atom stereocenters. The zero-order valence-corrected chi connectivity index (χ0v) is 20.4. The second kappa shape index (κ2) is 12.2. The standard InChI is InChI=1S/C27H35N3O4/c1-4-30(5-2)27(33)23-19-29(17-21-13-9-10-14-24(21)34-3)18-22(25(23)31)26(32)28-16-15-20-11-7-6-8-12-20/h9-11,13-14,18-19H,4-8,12,15-17H2,1-3H3,(H,28,32). The van der Waals surface area contributed by atoms with Crippen LogP contribution in [0.3, 0.4) is 0 Å². The second-order valence-corrected chi connectivity index (χ2v) is 8.49. The fourth-order valence-corrected chi connectivity index (χ4v) is 4.31. The van der Waals surface area contributed by atoms with Crippen LogP contribution >= 0.6 is 0 Å². The molecule has 182 valence electrons. The largest absolute Gasteiger partial charge is 0.496 e. The minimum atomic E-state index is -0.539. The van der Waals surface area contributed by atoms with Crippen molar-refractivity contribution in [2.75, 3.05) is 26.7 Å². The first-order valence-electron chi connectivity index (χ1n) is 12.1. The summed E-state index contributed by atoms with van der Waals surface area (Å²) in [6.45, 7) is 5.51. The molecule has 0 saturated heterocycles. The van der Waals surface area contributed by atoms with Crippen molar-refractivity contribution >= 4 is 11.8 Å². The molecule has 2 amide bonds. The average Bonchev–Trinajstić information content (AvgIpc) is 2.86. The Morgan fingerprint density at radius 1 is 1.09 bits per heavy atom. The number of ether oxygens (including phenoxy) is 1. The number of hydrogen-bond acceptors (Lipinski definition) is 4. The van der Waals surface area contributed by atoms with Crippen LogP contribution in [0.5, 0.6) is 5.75 Å². The Balaban J connectivity index is 1.91. The van der Waals surface area contributed by atoms with E-state index in [9.17, 15) is 14.4 Å². The van der Waals surface area contributed by atoms with Gasteiger partial charge < -0.3 is 19.5 Å². The highest BCUT2D eigenvalue weighted by Gasteiger charge is 2.22. The molecular formula is C27H35N3O4. The van der Waals surface area contributed by atoms with Crippen LogP contribution in [0.1, 0.15) is 72.2 Å². The van der Waals surface area contributed by atoms with Gasteiger partial charge in [0.05, 0.1) is 13.7 Å². The summed E-state index contributed by atoms with van der Waals surface area (Å²) < 4.78 is 7.16. The number of benzene rings is 1. The molecule has 2 aromatic rings. The Morgan fingerprint density at radius 2 is 1.82 bits per heavy atom. The summed E-state index contributed by atoms with van der Waals surface area (Å²) in [5.41, 5.74) is 1.67. The summed E-state index contributed by atoms with van der Waals surface area (Å²) in [4.78, 5) is 40.9. The van der Waals surface area contributed by atoms with Crippen molar-refractivity contribution in [1.82, 2.24) is 14.8 Å². The summed E-state index contributed by atoms with van der Waals surface area (Å²) in [5.74, 6) is -0.125. The van der Waals surface area contributed by atoms with Crippen molar-refractivity contribution in [2.45, 2.75) is 52.5 Å². The highest BCUT2D eigenvalue weighted by atomic mass is 16.5. The molecule has 3 rings (SSSR count). The second-order valence-electron chi connectivity index (χ2n) is 8.49. The first-order valence-corrected chi connectivity index (χ1v) is 12.1. The van der Waals surface area contributed by atoms with Gasteiger partial charge in [-0.2, -0.15) is 0 Å². The van der Waals surface area contributed by atoms with E-state index in [1.807, 2.05) is 38.1 Å². The smallest absolute Gasteiger partial charge is 0.259 e. The Morgan fingerprint density at radius 3 is 2.50 bits per heavy atom. The maximum absolute atomic E-state index is 13.2. The summed E-state index contributed by atoms with van der Waals surface area (Å²) in [6.07, 6.45) is 10.7. The molecule has 0 saturated carbocycles. The maximum atomic E-state index is 13.2. The van der Waals surface area contributed by atoms with Gasteiger partial charge in [-0.15, -0.1) is 0 Å². The third-order valence-electron chi connectivity index (χ3n) is 6.27. The number of nitrogens with zero attached hydrogens (tertiary/aromatic N) is 2. The molecule has 0 aliphatic heterocycles. The fraction of sp³-hybridized carbons (Fsp3) is 0.444. The predicted molar refractivity (Wildman–Crippen MR) is 134 cm³/mol. The minimum absolute atomic E-state index is 0.00115. The number of amides is 2. The van der Waals surface area contributed by atoms with E-state index in [4.69, 9.17) is 4.74 Å².